The molecule has 1 heterocycles. The van der Waals surface area contributed by atoms with E-state index >= 15 is 0 Å². The smallest absolute Gasteiger partial charge is 0.339 e. The molecule has 0 radical (unpaired) electrons. The number of nitrogens with zero attached hydrogens (tertiary/aromatic N) is 1. The van der Waals surface area contributed by atoms with Gasteiger partial charge in [0.2, 0.25) is 0 Å². The first kappa shape index (κ1) is 17.3. The Morgan fingerprint density at radius 3 is 2.46 bits per heavy atom. The number of aryl methyl sites for hydroxylation is 1. The summed E-state index contributed by atoms with van der Waals surface area (Å²) in [6, 6.07) is 9.09. The minimum absolute atomic E-state index is 0.0282. The largest absolute Gasteiger partial charge is 0.375 e. The number of hydrogen-bond donors (Lipinski definition) is 0. The molecule has 0 aliphatic rings. The van der Waals surface area contributed by atoms with E-state index in [2.05, 4.69) is 4.98 Å². The minimum atomic E-state index is -4.11. The van der Waals surface area contributed by atoms with Crippen LogP contribution in [0.25, 0.3) is 10.9 Å². The Balaban J connectivity index is 2.14. The number of benzene rings is 2. The van der Waals surface area contributed by atoms with Crippen molar-refractivity contribution in [2.24, 2.45) is 0 Å². The van der Waals surface area contributed by atoms with Crippen LogP contribution in [0.1, 0.15) is 5.56 Å². The van der Waals surface area contributed by atoms with Crippen LogP contribution in [0, 0.1) is 6.92 Å². The molecular weight excluding hydrogens is 393 g/mol. The molecule has 2 aromatic carbocycles. The van der Waals surface area contributed by atoms with Gasteiger partial charge in [0.15, 0.2) is 5.75 Å². The predicted octanol–water partition coefficient (Wildman–Crippen LogP) is 5.27. The zero-order chi connectivity index (χ0) is 17.5. The molecule has 0 saturated carbocycles. The first-order valence-electron chi connectivity index (χ1n) is 6.73. The lowest BCUT2D eigenvalue weighted by molar-refractivity contribution is 0.488. The van der Waals surface area contributed by atoms with Crippen molar-refractivity contribution in [2.75, 3.05) is 0 Å². The third-order valence-corrected chi connectivity index (χ3v) is 5.60. The van der Waals surface area contributed by atoms with Crippen LogP contribution < -0.4 is 4.18 Å². The van der Waals surface area contributed by atoms with Crippen molar-refractivity contribution in [3.05, 3.63) is 63.2 Å². The topological polar surface area (TPSA) is 56.3 Å². The normalized spacial score (nSPS) is 11.7. The van der Waals surface area contributed by atoms with Crippen LogP contribution >= 0.6 is 34.8 Å². The van der Waals surface area contributed by atoms with E-state index in [4.69, 9.17) is 39.0 Å². The summed E-state index contributed by atoms with van der Waals surface area (Å²) < 4.78 is 30.4. The summed E-state index contributed by atoms with van der Waals surface area (Å²) in [6.07, 6.45) is 1.50. The zero-order valence-corrected chi connectivity index (χ0v) is 15.3. The Morgan fingerprint density at radius 1 is 1.00 bits per heavy atom. The van der Waals surface area contributed by atoms with Gasteiger partial charge in [0, 0.05) is 16.6 Å². The lowest BCUT2D eigenvalue weighted by Crippen LogP contribution is -2.11. The summed E-state index contributed by atoms with van der Waals surface area (Å²) in [6.45, 7) is 1.70. The van der Waals surface area contributed by atoms with Gasteiger partial charge in [-0.1, -0.05) is 34.8 Å². The summed E-state index contributed by atoms with van der Waals surface area (Å²) in [7, 11) is -4.11. The molecule has 4 nitrogen and oxygen atoms in total. The van der Waals surface area contributed by atoms with Gasteiger partial charge in [-0.05, 0) is 48.9 Å². The molecule has 0 aliphatic heterocycles. The molecule has 0 saturated heterocycles. The fourth-order valence-electron chi connectivity index (χ4n) is 2.16. The Kier molecular flexibility index (Phi) is 4.62. The maximum absolute atomic E-state index is 12.6. The molecular formula is C16H10Cl3NO3S. The van der Waals surface area contributed by atoms with E-state index in [9.17, 15) is 8.42 Å². The van der Waals surface area contributed by atoms with Gasteiger partial charge in [-0.2, -0.15) is 8.42 Å². The molecule has 0 aliphatic carbocycles. The Bertz CT molecular complexity index is 1050. The van der Waals surface area contributed by atoms with E-state index in [-0.39, 0.29) is 21.2 Å². The molecule has 24 heavy (non-hydrogen) atoms. The summed E-state index contributed by atoms with van der Waals surface area (Å²) in [5.41, 5.74) is 0.885. The molecule has 0 amide bonds. The SMILES string of the molecule is Cc1cc(S(=O)(=O)Oc2c(Cl)cc(Cl)c3cccnc23)ccc1Cl. The van der Waals surface area contributed by atoms with Crippen LogP contribution in [0.4, 0.5) is 0 Å². The second-order valence-electron chi connectivity index (χ2n) is 5.02. The zero-order valence-electron chi connectivity index (χ0n) is 12.3. The number of rotatable bonds is 3. The van der Waals surface area contributed by atoms with Gasteiger partial charge in [0.1, 0.15) is 10.4 Å². The highest BCUT2D eigenvalue weighted by Gasteiger charge is 2.22. The average Bonchev–Trinajstić information content (AvgIpc) is 2.54. The average molecular weight is 403 g/mol. The molecule has 124 valence electrons. The summed E-state index contributed by atoms with van der Waals surface area (Å²) in [4.78, 5) is 4.10. The molecule has 8 heteroatoms. The van der Waals surface area contributed by atoms with Crippen molar-refractivity contribution in [3.8, 4) is 5.75 Å². The number of aromatic nitrogens is 1. The molecule has 0 N–H and O–H groups in total. The Hall–Kier alpha value is -1.53. The monoisotopic (exact) mass is 401 g/mol. The van der Waals surface area contributed by atoms with Gasteiger partial charge in [-0.3, -0.25) is 4.98 Å². The van der Waals surface area contributed by atoms with E-state index in [1.165, 1.54) is 30.5 Å². The first-order valence-corrected chi connectivity index (χ1v) is 9.27. The Morgan fingerprint density at radius 2 is 1.75 bits per heavy atom. The quantitative estimate of drug-likeness (QED) is 0.560. The fraction of sp³-hybridized carbons (Fsp3) is 0.0625. The number of halogens is 3. The fourth-order valence-corrected chi connectivity index (χ4v) is 3.91. The summed E-state index contributed by atoms with van der Waals surface area (Å²) in [5, 5.41) is 1.42. The van der Waals surface area contributed by atoms with Crippen molar-refractivity contribution in [1.82, 2.24) is 4.98 Å². The predicted molar refractivity (Wildman–Crippen MR) is 95.8 cm³/mol. The van der Waals surface area contributed by atoms with E-state index in [0.717, 1.165) is 0 Å². The van der Waals surface area contributed by atoms with Crippen molar-refractivity contribution in [1.29, 1.82) is 0 Å². The van der Waals surface area contributed by atoms with E-state index in [1.54, 1.807) is 19.1 Å². The maximum Gasteiger partial charge on any atom is 0.339 e. The number of pyridine rings is 1. The molecule has 0 bridgehead atoms. The van der Waals surface area contributed by atoms with Crippen LogP contribution in [0.15, 0.2) is 47.5 Å². The van der Waals surface area contributed by atoms with Gasteiger partial charge < -0.3 is 4.18 Å². The lowest BCUT2D eigenvalue weighted by Gasteiger charge is -2.12. The van der Waals surface area contributed by atoms with Crippen LogP contribution in [-0.4, -0.2) is 13.4 Å². The number of hydrogen-bond acceptors (Lipinski definition) is 4. The van der Waals surface area contributed by atoms with Crippen molar-refractivity contribution in [2.45, 2.75) is 11.8 Å². The molecule has 0 spiro atoms. The molecule has 0 atom stereocenters. The van der Waals surface area contributed by atoms with Crippen LogP contribution in [0.3, 0.4) is 0 Å². The molecule has 0 fully saturated rings. The second kappa shape index (κ2) is 6.41. The molecule has 3 rings (SSSR count). The van der Waals surface area contributed by atoms with E-state index in [0.29, 0.717) is 21.0 Å². The van der Waals surface area contributed by atoms with Gasteiger partial charge in [0.25, 0.3) is 0 Å². The summed E-state index contributed by atoms with van der Waals surface area (Å²) >= 11 is 18.2. The van der Waals surface area contributed by atoms with E-state index < -0.39 is 10.1 Å². The minimum Gasteiger partial charge on any atom is -0.375 e. The third-order valence-electron chi connectivity index (χ3n) is 3.36. The highest BCUT2D eigenvalue weighted by molar-refractivity contribution is 7.87. The van der Waals surface area contributed by atoms with Crippen molar-refractivity contribution < 1.29 is 12.6 Å². The van der Waals surface area contributed by atoms with Gasteiger partial charge in [-0.15, -0.1) is 0 Å². The lowest BCUT2D eigenvalue weighted by atomic mass is 10.2. The molecule has 1 aromatic heterocycles. The molecule has 3 aromatic rings. The highest BCUT2D eigenvalue weighted by atomic mass is 35.5. The summed E-state index contributed by atoms with van der Waals surface area (Å²) in [5.74, 6) is -0.0655. The maximum atomic E-state index is 12.6. The van der Waals surface area contributed by atoms with Gasteiger partial charge in [0.05, 0.1) is 10.0 Å². The van der Waals surface area contributed by atoms with Crippen LogP contribution in [0.5, 0.6) is 5.75 Å². The van der Waals surface area contributed by atoms with E-state index in [1.807, 2.05) is 0 Å². The number of fused-ring (bicyclic) bond motifs is 1. The van der Waals surface area contributed by atoms with Crippen molar-refractivity contribution >= 4 is 55.8 Å². The van der Waals surface area contributed by atoms with Gasteiger partial charge in [-0.25, -0.2) is 0 Å². The third kappa shape index (κ3) is 3.17. The second-order valence-corrected chi connectivity index (χ2v) is 7.79. The van der Waals surface area contributed by atoms with Crippen LogP contribution in [-0.2, 0) is 10.1 Å². The first-order chi connectivity index (χ1) is 11.3. The molecule has 0 unspecified atom stereocenters. The highest BCUT2D eigenvalue weighted by Crippen LogP contribution is 2.38. The van der Waals surface area contributed by atoms with Crippen molar-refractivity contribution in [3.63, 3.8) is 0 Å². The van der Waals surface area contributed by atoms with Crippen LogP contribution in [0.2, 0.25) is 15.1 Å². The Labute approximate surface area is 154 Å². The van der Waals surface area contributed by atoms with Gasteiger partial charge >= 0.3 is 10.1 Å². The standard InChI is InChI=1S/C16H10Cl3NO3S/c1-9-7-10(4-5-12(9)17)24(21,22)23-16-14(19)8-13(18)11-3-2-6-20-15(11)16/h2-8H,1H3.